The molecule has 0 spiro atoms. The lowest BCUT2D eigenvalue weighted by atomic mass is 10.2. The molecule has 0 aliphatic heterocycles. The second kappa shape index (κ2) is 7.95. The van der Waals surface area contributed by atoms with Gasteiger partial charge in [0.15, 0.2) is 5.13 Å². The van der Waals surface area contributed by atoms with E-state index in [1.165, 1.54) is 18.4 Å². The monoisotopic (exact) mass is 408 g/mol. The molecule has 0 unspecified atom stereocenters. The van der Waals surface area contributed by atoms with Crippen LogP contribution in [-0.4, -0.2) is 25.1 Å². The summed E-state index contributed by atoms with van der Waals surface area (Å²) in [6.45, 7) is 0. The molecule has 8 heteroatoms. The summed E-state index contributed by atoms with van der Waals surface area (Å²) in [7, 11) is 3.05. The van der Waals surface area contributed by atoms with E-state index in [0.29, 0.717) is 37.9 Å². The standard InChI is InChI=1S/C18H14Cl2N2O3S/c1-24-11-4-5-12(16(8-11)25-2)17(23)22-18-21-15(9-26-18)10-3-6-13(19)14(20)7-10/h3-9H,1-2H3,(H,21,22,23). The first-order valence-corrected chi connectivity index (χ1v) is 9.09. The predicted molar refractivity (Wildman–Crippen MR) is 105 cm³/mol. The van der Waals surface area contributed by atoms with Gasteiger partial charge in [0.25, 0.3) is 5.91 Å². The fourth-order valence-electron chi connectivity index (χ4n) is 2.27. The van der Waals surface area contributed by atoms with Crippen molar-refractivity contribution in [3.8, 4) is 22.8 Å². The van der Waals surface area contributed by atoms with Gasteiger partial charge in [0.2, 0.25) is 0 Å². The van der Waals surface area contributed by atoms with Gasteiger partial charge >= 0.3 is 0 Å². The van der Waals surface area contributed by atoms with Gasteiger partial charge in [-0.1, -0.05) is 29.3 Å². The maximum Gasteiger partial charge on any atom is 0.261 e. The lowest BCUT2D eigenvalue weighted by Gasteiger charge is -2.09. The molecule has 1 aromatic heterocycles. The second-order valence-electron chi connectivity index (χ2n) is 5.19. The summed E-state index contributed by atoms with van der Waals surface area (Å²) in [5.74, 6) is 0.706. The molecule has 26 heavy (non-hydrogen) atoms. The SMILES string of the molecule is COc1ccc(C(=O)Nc2nc(-c3ccc(Cl)c(Cl)c3)cs2)c(OC)c1. The third-order valence-corrected chi connectivity index (χ3v) is 5.09. The van der Waals surface area contributed by atoms with Crippen LogP contribution in [0.3, 0.4) is 0 Å². The number of rotatable bonds is 5. The van der Waals surface area contributed by atoms with E-state index in [9.17, 15) is 4.79 Å². The largest absolute Gasteiger partial charge is 0.497 e. The molecule has 0 aliphatic carbocycles. The van der Waals surface area contributed by atoms with Crippen molar-refractivity contribution in [3.05, 3.63) is 57.4 Å². The highest BCUT2D eigenvalue weighted by Crippen LogP contribution is 2.31. The number of carbonyl (C=O) groups excluding carboxylic acids is 1. The van der Waals surface area contributed by atoms with Crippen molar-refractivity contribution >= 4 is 45.6 Å². The summed E-state index contributed by atoms with van der Waals surface area (Å²) in [6.07, 6.45) is 0. The number of halogens is 2. The zero-order valence-corrected chi connectivity index (χ0v) is 16.2. The molecule has 3 aromatic rings. The molecule has 5 nitrogen and oxygen atoms in total. The van der Waals surface area contributed by atoms with E-state index in [-0.39, 0.29) is 5.91 Å². The van der Waals surface area contributed by atoms with Crippen LogP contribution in [-0.2, 0) is 0 Å². The second-order valence-corrected chi connectivity index (χ2v) is 6.86. The molecule has 0 radical (unpaired) electrons. The third kappa shape index (κ3) is 3.93. The first-order chi connectivity index (χ1) is 12.5. The number of carbonyl (C=O) groups is 1. The third-order valence-electron chi connectivity index (χ3n) is 3.59. The van der Waals surface area contributed by atoms with Gasteiger partial charge in [-0.3, -0.25) is 10.1 Å². The maximum atomic E-state index is 12.5. The zero-order valence-electron chi connectivity index (χ0n) is 13.9. The highest BCUT2D eigenvalue weighted by Gasteiger charge is 2.15. The Balaban J connectivity index is 1.80. The van der Waals surface area contributed by atoms with E-state index in [4.69, 9.17) is 32.7 Å². The molecule has 1 N–H and O–H groups in total. The van der Waals surface area contributed by atoms with Crippen molar-refractivity contribution < 1.29 is 14.3 Å². The Kier molecular flexibility index (Phi) is 5.66. The molecule has 0 bridgehead atoms. The normalized spacial score (nSPS) is 10.5. The van der Waals surface area contributed by atoms with Crippen molar-refractivity contribution in [3.63, 3.8) is 0 Å². The van der Waals surface area contributed by atoms with Crippen LogP contribution < -0.4 is 14.8 Å². The number of hydrogen-bond donors (Lipinski definition) is 1. The summed E-state index contributed by atoms with van der Waals surface area (Å²) in [6, 6.07) is 10.2. The summed E-state index contributed by atoms with van der Waals surface area (Å²) < 4.78 is 10.4. The van der Waals surface area contributed by atoms with E-state index in [0.717, 1.165) is 5.56 Å². The topological polar surface area (TPSA) is 60.5 Å². The minimum absolute atomic E-state index is 0.320. The van der Waals surface area contributed by atoms with Crippen LogP contribution in [0.25, 0.3) is 11.3 Å². The number of amides is 1. The van der Waals surface area contributed by atoms with Gasteiger partial charge in [0.05, 0.1) is 35.5 Å². The zero-order chi connectivity index (χ0) is 18.7. The van der Waals surface area contributed by atoms with E-state index in [1.54, 1.807) is 37.4 Å². The number of nitrogens with one attached hydrogen (secondary N) is 1. The number of ether oxygens (including phenoxy) is 2. The number of methoxy groups -OCH3 is 2. The molecule has 0 aliphatic rings. The quantitative estimate of drug-likeness (QED) is 0.614. The van der Waals surface area contributed by atoms with Gasteiger partial charge in [-0.25, -0.2) is 4.98 Å². The minimum atomic E-state index is -0.320. The Hall–Kier alpha value is -2.28. The first-order valence-electron chi connectivity index (χ1n) is 7.46. The van der Waals surface area contributed by atoms with Crippen LogP contribution in [0.2, 0.25) is 10.0 Å². The van der Waals surface area contributed by atoms with Crippen molar-refractivity contribution in [2.75, 3.05) is 19.5 Å². The number of thiazole rings is 1. The first kappa shape index (κ1) is 18.5. The van der Waals surface area contributed by atoms with E-state index in [2.05, 4.69) is 10.3 Å². The summed E-state index contributed by atoms with van der Waals surface area (Å²) in [4.78, 5) is 17.0. The fraction of sp³-hybridized carbons (Fsp3) is 0.111. The van der Waals surface area contributed by atoms with Crippen LogP contribution in [0.15, 0.2) is 41.8 Å². The number of anilines is 1. The Bertz CT molecular complexity index is 959. The number of aromatic nitrogens is 1. The van der Waals surface area contributed by atoms with E-state index < -0.39 is 0 Å². The van der Waals surface area contributed by atoms with Gasteiger partial charge in [0, 0.05) is 17.0 Å². The molecule has 0 saturated carbocycles. The van der Waals surface area contributed by atoms with Gasteiger partial charge in [-0.15, -0.1) is 11.3 Å². The Morgan fingerprint density at radius 1 is 1.08 bits per heavy atom. The lowest BCUT2D eigenvalue weighted by molar-refractivity contribution is 0.102. The lowest BCUT2D eigenvalue weighted by Crippen LogP contribution is -2.13. The van der Waals surface area contributed by atoms with Crippen LogP contribution in [0.5, 0.6) is 11.5 Å². The minimum Gasteiger partial charge on any atom is -0.497 e. The van der Waals surface area contributed by atoms with Crippen LogP contribution in [0.1, 0.15) is 10.4 Å². The van der Waals surface area contributed by atoms with E-state index in [1.807, 2.05) is 11.4 Å². The van der Waals surface area contributed by atoms with Gasteiger partial charge in [0.1, 0.15) is 11.5 Å². The number of nitrogens with zero attached hydrogens (tertiary/aromatic N) is 1. The van der Waals surface area contributed by atoms with Gasteiger partial charge in [-0.05, 0) is 24.3 Å². The Labute approximate surface area is 164 Å². The Morgan fingerprint density at radius 2 is 1.88 bits per heavy atom. The number of benzene rings is 2. The maximum absolute atomic E-state index is 12.5. The molecule has 2 aromatic carbocycles. The molecule has 1 heterocycles. The van der Waals surface area contributed by atoms with Gasteiger partial charge in [-0.2, -0.15) is 0 Å². The highest BCUT2D eigenvalue weighted by molar-refractivity contribution is 7.14. The molecule has 134 valence electrons. The van der Waals surface area contributed by atoms with E-state index >= 15 is 0 Å². The summed E-state index contributed by atoms with van der Waals surface area (Å²) in [5, 5.41) is 6.00. The smallest absolute Gasteiger partial charge is 0.261 e. The summed E-state index contributed by atoms with van der Waals surface area (Å²) >= 11 is 13.3. The molecular formula is C18H14Cl2N2O3S. The molecule has 0 saturated heterocycles. The van der Waals surface area contributed by atoms with Crippen molar-refractivity contribution in [1.82, 2.24) is 4.98 Å². The van der Waals surface area contributed by atoms with Crippen LogP contribution in [0.4, 0.5) is 5.13 Å². The van der Waals surface area contributed by atoms with Crippen LogP contribution >= 0.6 is 34.5 Å². The average Bonchev–Trinajstić information content (AvgIpc) is 3.11. The fourth-order valence-corrected chi connectivity index (χ4v) is 3.28. The van der Waals surface area contributed by atoms with Crippen molar-refractivity contribution in [2.45, 2.75) is 0 Å². The van der Waals surface area contributed by atoms with Crippen molar-refractivity contribution in [1.29, 1.82) is 0 Å². The number of hydrogen-bond acceptors (Lipinski definition) is 5. The molecule has 3 rings (SSSR count). The average molecular weight is 409 g/mol. The molecule has 0 fully saturated rings. The van der Waals surface area contributed by atoms with Crippen LogP contribution in [0, 0.1) is 0 Å². The van der Waals surface area contributed by atoms with Gasteiger partial charge < -0.3 is 9.47 Å². The summed E-state index contributed by atoms with van der Waals surface area (Å²) in [5.41, 5.74) is 1.91. The predicted octanol–water partition coefficient (Wildman–Crippen LogP) is 5.39. The molecule has 0 atom stereocenters. The Morgan fingerprint density at radius 3 is 2.58 bits per heavy atom. The molecular weight excluding hydrogens is 395 g/mol. The molecule has 1 amide bonds. The highest BCUT2D eigenvalue weighted by atomic mass is 35.5. The van der Waals surface area contributed by atoms with Crippen molar-refractivity contribution in [2.24, 2.45) is 0 Å².